The lowest BCUT2D eigenvalue weighted by molar-refractivity contribution is 1.10. The van der Waals surface area contributed by atoms with Crippen LogP contribution in [0.2, 0.25) is 0 Å². The molecule has 0 aliphatic heterocycles. The van der Waals surface area contributed by atoms with E-state index in [0.717, 1.165) is 5.69 Å². The summed E-state index contributed by atoms with van der Waals surface area (Å²) in [6.45, 7) is 8.17. The molecule has 0 radical (unpaired) electrons. The van der Waals surface area contributed by atoms with Gasteiger partial charge >= 0.3 is 0 Å². The zero-order valence-electron chi connectivity index (χ0n) is 12.5. The Kier molecular flexibility index (Phi) is 3.49. The molecule has 0 N–H and O–H groups in total. The Morgan fingerprint density at radius 2 is 1.71 bits per heavy atom. The number of nitrogens with zero attached hydrogens (tertiary/aromatic N) is 1. The summed E-state index contributed by atoms with van der Waals surface area (Å²) in [5.41, 5.74) is 6.01. The van der Waals surface area contributed by atoms with Crippen LogP contribution in [0, 0.1) is 6.92 Å². The van der Waals surface area contributed by atoms with Gasteiger partial charge in [0.2, 0.25) is 0 Å². The highest BCUT2D eigenvalue weighted by Gasteiger charge is 2.13. The van der Waals surface area contributed by atoms with Gasteiger partial charge in [-0.2, -0.15) is 0 Å². The highest BCUT2D eigenvalue weighted by Crippen LogP contribution is 2.31. The van der Waals surface area contributed by atoms with E-state index in [-0.39, 0.29) is 0 Å². The molecule has 0 aliphatic rings. The molecule has 0 unspecified atom stereocenters. The van der Waals surface area contributed by atoms with Gasteiger partial charge in [-0.05, 0) is 38.1 Å². The minimum atomic E-state index is 1.14. The van der Waals surface area contributed by atoms with Gasteiger partial charge in [0, 0.05) is 16.6 Å². The summed E-state index contributed by atoms with van der Waals surface area (Å²) < 4.78 is 2.27. The van der Waals surface area contributed by atoms with Crippen molar-refractivity contribution in [1.29, 1.82) is 0 Å². The van der Waals surface area contributed by atoms with Crippen molar-refractivity contribution < 1.29 is 0 Å². The molecule has 3 rings (SSSR count). The maximum atomic E-state index is 4.02. The Morgan fingerprint density at radius 1 is 1.00 bits per heavy atom. The summed E-state index contributed by atoms with van der Waals surface area (Å²) in [7, 11) is 0. The smallest absolute Gasteiger partial charge is 0.0541 e. The summed E-state index contributed by atoms with van der Waals surface area (Å²) in [5.74, 6) is 0. The van der Waals surface area contributed by atoms with Crippen molar-refractivity contribution in [3.63, 3.8) is 0 Å². The Balaban J connectivity index is 2.40. The predicted octanol–water partition coefficient (Wildman–Crippen LogP) is 5.62. The first-order valence-electron chi connectivity index (χ1n) is 7.22. The van der Waals surface area contributed by atoms with E-state index in [2.05, 4.69) is 78.8 Å². The lowest BCUT2D eigenvalue weighted by atomic mass is 10.1. The molecular formula is C20H19N. The van der Waals surface area contributed by atoms with Gasteiger partial charge in [0.05, 0.1) is 11.2 Å². The first-order chi connectivity index (χ1) is 10.3. The molecule has 0 spiro atoms. The molecule has 0 atom stereocenters. The van der Waals surface area contributed by atoms with Crippen LogP contribution in [0.5, 0.6) is 0 Å². The number of allylic oxidation sites excluding steroid dienone is 1. The van der Waals surface area contributed by atoms with Gasteiger partial charge in [0.15, 0.2) is 0 Å². The fraction of sp³-hybridized carbons (Fsp3) is 0.100. The summed E-state index contributed by atoms with van der Waals surface area (Å²) in [6.07, 6.45) is 6.17. The van der Waals surface area contributed by atoms with Crippen molar-refractivity contribution >= 4 is 23.1 Å². The predicted molar refractivity (Wildman–Crippen MR) is 92.8 cm³/mol. The SMILES string of the molecule is C=Cc1c(/C=C\C)c2ccccc2n1-c1ccc(C)cc1. The molecule has 2 aromatic carbocycles. The van der Waals surface area contributed by atoms with Crippen molar-refractivity contribution in [2.24, 2.45) is 0 Å². The van der Waals surface area contributed by atoms with Gasteiger partial charge in [-0.25, -0.2) is 0 Å². The van der Waals surface area contributed by atoms with Gasteiger partial charge in [-0.15, -0.1) is 0 Å². The third kappa shape index (κ3) is 2.21. The first-order valence-corrected chi connectivity index (χ1v) is 7.22. The van der Waals surface area contributed by atoms with Gasteiger partial charge in [-0.1, -0.05) is 54.6 Å². The topological polar surface area (TPSA) is 4.93 Å². The van der Waals surface area contributed by atoms with Crippen LogP contribution in [0.15, 0.2) is 61.2 Å². The molecule has 0 amide bonds. The second kappa shape index (κ2) is 5.45. The summed E-state index contributed by atoms with van der Waals surface area (Å²) >= 11 is 0. The van der Waals surface area contributed by atoms with Crippen LogP contribution in [0.25, 0.3) is 28.7 Å². The molecular weight excluding hydrogens is 254 g/mol. The number of aryl methyl sites for hydroxylation is 1. The van der Waals surface area contributed by atoms with Gasteiger partial charge in [0.1, 0.15) is 0 Å². The fourth-order valence-corrected chi connectivity index (χ4v) is 2.80. The van der Waals surface area contributed by atoms with Crippen LogP contribution in [0.1, 0.15) is 23.7 Å². The summed E-state index contributed by atoms with van der Waals surface area (Å²) in [5, 5.41) is 1.26. The summed E-state index contributed by atoms with van der Waals surface area (Å²) in [6, 6.07) is 17.1. The molecule has 1 nitrogen and oxygen atoms in total. The second-order valence-corrected chi connectivity index (χ2v) is 5.19. The van der Waals surface area contributed by atoms with Gasteiger partial charge in [-0.3, -0.25) is 0 Å². The van der Waals surface area contributed by atoms with E-state index in [9.17, 15) is 0 Å². The van der Waals surface area contributed by atoms with E-state index < -0.39 is 0 Å². The number of fused-ring (bicyclic) bond motifs is 1. The van der Waals surface area contributed by atoms with Crippen molar-refractivity contribution in [3.05, 3.63) is 78.0 Å². The van der Waals surface area contributed by atoms with Crippen LogP contribution < -0.4 is 0 Å². The van der Waals surface area contributed by atoms with E-state index in [4.69, 9.17) is 0 Å². The molecule has 0 saturated heterocycles. The average Bonchev–Trinajstić information content (AvgIpc) is 2.83. The van der Waals surface area contributed by atoms with Crippen LogP contribution in [0.4, 0.5) is 0 Å². The number of aromatic nitrogens is 1. The van der Waals surface area contributed by atoms with Crippen LogP contribution >= 0.6 is 0 Å². The molecule has 1 aromatic heterocycles. The normalized spacial score (nSPS) is 11.3. The minimum Gasteiger partial charge on any atom is -0.309 e. The van der Waals surface area contributed by atoms with Crippen molar-refractivity contribution in [3.8, 4) is 5.69 Å². The summed E-state index contributed by atoms with van der Waals surface area (Å²) in [4.78, 5) is 0. The number of benzene rings is 2. The number of hydrogen-bond donors (Lipinski definition) is 0. The van der Waals surface area contributed by atoms with Gasteiger partial charge in [0.25, 0.3) is 0 Å². The number of rotatable bonds is 3. The van der Waals surface area contributed by atoms with E-state index in [0.29, 0.717) is 0 Å². The van der Waals surface area contributed by atoms with Crippen molar-refractivity contribution in [2.75, 3.05) is 0 Å². The molecule has 1 heterocycles. The standard InChI is InChI=1S/C20H19N/c1-4-8-17-18-9-6-7-10-20(18)21(19(17)5-2)16-13-11-15(3)12-14-16/h4-14H,2H2,1,3H3/b8-4-. The third-order valence-electron chi connectivity index (χ3n) is 3.77. The van der Waals surface area contributed by atoms with E-state index in [1.807, 2.05) is 13.0 Å². The molecule has 3 aromatic rings. The van der Waals surface area contributed by atoms with Crippen molar-refractivity contribution in [1.82, 2.24) is 4.57 Å². The minimum absolute atomic E-state index is 1.14. The zero-order valence-corrected chi connectivity index (χ0v) is 12.5. The molecule has 1 heteroatoms. The second-order valence-electron chi connectivity index (χ2n) is 5.19. The fourth-order valence-electron chi connectivity index (χ4n) is 2.80. The van der Waals surface area contributed by atoms with Gasteiger partial charge < -0.3 is 4.57 Å². The number of para-hydroxylation sites is 1. The molecule has 0 bridgehead atoms. The maximum absolute atomic E-state index is 4.02. The molecule has 0 fully saturated rings. The largest absolute Gasteiger partial charge is 0.309 e. The Morgan fingerprint density at radius 3 is 2.38 bits per heavy atom. The van der Waals surface area contributed by atoms with Crippen LogP contribution in [-0.2, 0) is 0 Å². The van der Waals surface area contributed by atoms with Crippen molar-refractivity contribution in [2.45, 2.75) is 13.8 Å². The highest BCUT2D eigenvalue weighted by atomic mass is 15.0. The molecule has 0 saturated carbocycles. The molecule has 21 heavy (non-hydrogen) atoms. The maximum Gasteiger partial charge on any atom is 0.0541 e. The highest BCUT2D eigenvalue weighted by molar-refractivity contribution is 5.95. The van der Waals surface area contributed by atoms with E-state index in [1.54, 1.807) is 0 Å². The lowest BCUT2D eigenvalue weighted by Gasteiger charge is -2.09. The first kappa shape index (κ1) is 13.4. The Bertz CT molecular complexity index is 817. The Hall–Kier alpha value is -2.54. The monoisotopic (exact) mass is 273 g/mol. The average molecular weight is 273 g/mol. The van der Waals surface area contributed by atoms with Crippen LogP contribution in [-0.4, -0.2) is 4.57 Å². The van der Waals surface area contributed by atoms with Crippen LogP contribution in [0.3, 0.4) is 0 Å². The van der Waals surface area contributed by atoms with E-state index in [1.165, 1.54) is 27.7 Å². The lowest BCUT2D eigenvalue weighted by Crippen LogP contribution is -1.96. The third-order valence-corrected chi connectivity index (χ3v) is 3.77. The Labute approximate surface area is 125 Å². The number of hydrogen-bond acceptors (Lipinski definition) is 0. The molecule has 104 valence electrons. The van der Waals surface area contributed by atoms with E-state index >= 15 is 0 Å². The molecule has 0 aliphatic carbocycles. The quantitative estimate of drug-likeness (QED) is 0.584. The zero-order chi connectivity index (χ0) is 14.8.